The van der Waals surface area contributed by atoms with E-state index in [4.69, 9.17) is 0 Å². The first-order chi connectivity index (χ1) is 11.0. The summed E-state index contributed by atoms with van der Waals surface area (Å²) in [6.45, 7) is 1.93. The van der Waals surface area contributed by atoms with E-state index in [1.165, 1.54) is 30.6 Å². The average molecular weight is 318 g/mol. The van der Waals surface area contributed by atoms with Gasteiger partial charge in [-0.3, -0.25) is 14.3 Å². The smallest absolute Gasteiger partial charge is 0.273 e. The summed E-state index contributed by atoms with van der Waals surface area (Å²) >= 11 is 0. The maximum absolute atomic E-state index is 12.4. The highest BCUT2D eigenvalue weighted by Crippen LogP contribution is 2.29. The highest BCUT2D eigenvalue weighted by atomic mass is 16.2. The van der Waals surface area contributed by atoms with Crippen LogP contribution in [-0.2, 0) is 17.9 Å². The van der Waals surface area contributed by atoms with E-state index in [9.17, 15) is 9.59 Å². The summed E-state index contributed by atoms with van der Waals surface area (Å²) in [5.41, 5.74) is 1.42. The predicted molar refractivity (Wildman–Crippen MR) is 86.9 cm³/mol. The molecule has 1 aromatic heterocycles. The van der Waals surface area contributed by atoms with Crippen LogP contribution in [0.3, 0.4) is 0 Å². The lowest BCUT2D eigenvalue weighted by atomic mass is 10.0. The number of amides is 2. The van der Waals surface area contributed by atoms with Gasteiger partial charge in [0.1, 0.15) is 0 Å². The third-order valence-electron chi connectivity index (χ3n) is 5.02. The van der Waals surface area contributed by atoms with Crippen LogP contribution in [0.4, 0.5) is 0 Å². The SMILES string of the molecule is CN(C)C(=O)c1cc2n(n1)CCN(C(=O)CCC1CCCC1)C2. The minimum Gasteiger partial charge on any atom is -0.343 e. The molecule has 0 radical (unpaired) electrons. The van der Waals surface area contributed by atoms with Crippen LogP contribution in [0.15, 0.2) is 6.07 Å². The van der Waals surface area contributed by atoms with Gasteiger partial charge in [0, 0.05) is 27.1 Å². The number of carbonyl (C=O) groups is 2. The van der Waals surface area contributed by atoms with Crippen LogP contribution in [-0.4, -0.2) is 52.0 Å². The maximum atomic E-state index is 12.4. The zero-order valence-corrected chi connectivity index (χ0v) is 14.1. The summed E-state index contributed by atoms with van der Waals surface area (Å²) in [4.78, 5) is 27.9. The summed E-state index contributed by atoms with van der Waals surface area (Å²) in [6.07, 6.45) is 6.90. The first-order valence-corrected chi connectivity index (χ1v) is 8.60. The highest BCUT2D eigenvalue weighted by molar-refractivity contribution is 5.92. The zero-order chi connectivity index (χ0) is 16.4. The van der Waals surface area contributed by atoms with Gasteiger partial charge in [-0.25, -0.2) is 0 Å². The fourth-order valence-corrected chi connectivity index (χ4v) is 3.60. The van der Waals surface area contributed by atoms with E-state index in [0.717, 1.165) is 18.0 Å². The normalized spacial score (nSPS) is 18.1. The molecule has 23 heavy (non-hydrogen) atoms. The fraction of sp³-hybridized carbons (Fsp3) is 0.706. The molecule has 0 saturated heterocycles. The van der Waals surface area contributed by atoms with Crippen molar-refractivity contribution in [2.45, 2.75) is 51.6 Å². The van der Waals surface area contributed by atoms with Gasteiger partial charge in [-0.15, -0.1) is 0 Å². The second kappa shape index (κ2) is 6.72. The lowest BCUT2D eigenvalue weighted by molar-refractivity contribution is -0.133. The monoisotopic (exact) mass is 318 g/mol. The Kier molecular flexibility index (Phi) is 4.68. The van der Waals surface area contributed by atoms with E-state index in [0.29, 0.717) is 31.7 Å². The number of fused-ring (bicyclic) bond motifs is 1. The van der Waals surface area contributed by atoms with Crippen molar-refractivity contribution in [2.24, 2.45) is 5.92 Å². The molecule has 3 rings (SSSR count). The zero-order valence-electron chi connectivity index (χ0n) is 14.1. The Bertz CT molecular complexity index is 587. The van der Waals surface area contributed by atoms with Crippen LogP contribution in [0, 0.1) is 5.92 Å². The van der Waals surface area contributed by atoms with E-state index < -0.39 is 0 Å². The molecule has 0 spiro atoms. The first kappa shape index (κ1) is 16.0. The summed E-state index contributed by atoms with van der Waals surface area (Å²) in [5.74, 6) is 0.898. The Labute approximate surface area is 137 Å². The highest BCUT2D eigenvalue weighted by Gasteiger charge is 2.25. The van der Waals surface area contributed by atoms with Gasteiger partial charge in [-0.1, -0.05) is 25.7 Å². The average Bonchev–Trinajstić information content (AvgIpc) is 3.19. The predicted octanol–water partition coefficient (Wildman–Crippen LogP) is 1.90. The Hall–Kier alpha value is -1.85. The van der Waals surface area contributed by atoms with E-state index in [-0.39, 0.29) is 11.8 Å². The molecule has 0 N–H and O–H groups in total. The number of nitrogens with zero attached hydrogens (tertiary/aromatic N) is 4. The van der Waals surface area contributed by atoms with Crippen LogP contribution in [0.25, 0.3) is 0 Å². The Morgan fingerprint density at radius 1 is 1.26 bits per heavy atom. The largest absolute Gasteiger partial charge is 0.343 e. The second-order valence-electron chi connectivity index (χ2n) is 6.95. The molecule has 1 aliphatic carbocycles. The van der Waals surface area contributed by atoms with Crippen LogP contribution in [0.5, 0.6) is 0 Å². The lowest BCUT2D eigenvalue weighted by Gasteiger charge is -2.28. The van der Waals surface area contributed by atoms with Crippen molar-refractivity contribution >= 4 is 11.8 Å². The van der Waals surface area contributed by atoms with Gasteiger partial charge in [0.15, 0.2) is 5.69 Å². The fourth-order valence-electron chi connectivity index (χ4n) is 3.60. The van der Waals surface area contributed by atoms with Crippen molar-refractivity contribution in [1.82, 2.24) is 19.6 Å². The summed E-state index contributed by atoms with van der Waals surface area (Å²) in [5, 5.41) is 4.36. The topological polar surface area (TPSA) is 58.4 Å². The molecule has 2 amide bonds. The third-order valence-corrected chi connectivity index (χ3v) is 5.02. The van der Waals surface area contributed by atoms with Crippen molar-refractivity contribution in [3.05, 3.63) is 17.5 Å². The van der Waals surface area contributed by atoms with Crippen molar-refractivity contribution in [3.63, 3.8) is 0 Å². The number of aromatic nitrogens is 2. The Morgan fingerprint density at radius 3 is 2.70 bits per heavy atom. The van der Waals surface area contributed by atoms with Crippen molar-refractivity contribution < 1.29 is 9.59 Å². The minimum atomic E-state index is -0.0917. The van der Waals surface area contributed by atoms with Crippen LogP contribution < -0.4 is 0 Å². The molecule has 0 bridgehead atoms. The van der Waals surface area contributed by atoms with Gasteiger partial charge >= 0.3 is 0 Å². The van der Waals surface area contributed by atoms with Crippen molar-refractivity contribution in [3.8, 4) is 0 Å². The minimum absolute atomic E-state index is 0.0917. The van der Waals surface area contributed by atoms with E-state index >= 15 is 0 Å². The molecule has 0 unspecified atom stereocenters. The molecule has 1 aliphatic heterocycles. The molecule has 2 heterocycles. The standard InChI is InChI=1S/C17H26N4O2/c1-19(2)17(23)15-11-14-12-20(9-10-21(14)18-15)16(22)8-7-13-5-3-4-6-13/h11,13H,3-10,12H2,1-2H3. The summed E-state index contributed by atoms with van der Waals surface area (Å²) < 4.78 is 1.86. The Balaban J connectivity index is 1.58. The van der Waals surface area contributed by atoms with Gasteiger partial charge in [0.05, 0.1) is 18.8 Å². The van der Waals surface area contributed by atoms with Crippen molar-refractivity contribution in [1.29, 1.82) is 0 Å². The Morgan fingerprint density at radius 2 is 2.00 bits per heavy atom. The van der Waals surface area contributed by atoms with Gasteiger partial charge in [-0.05, 0) is 18.4 Å². The molecule has 1 saturated carbocycles. The lowest BCUT2D eigenvalue weighted by Crippen LogP contribution is -2.38. The molecular formula is C17H26N4O2. The van der Waals surface area contributed by atoms with Crippen LogP contribution >= 0.6 is 0 Å². The molecule has 0 aromatic carbocycles. The summed E-state index contributed by atoms with van der Waals surface area (Å²) in [7, 11) is 3.44. The van der Waals surface area contributed by atoms with E-state index in [1.54, 1.807) is 14.1 Å². The van der Waals surface area contributed by atoms with E-state index in [1.807, 2.05) is 15.6 Å². The second-order valence-corrected chi connectivity index (χ2v) is 6.95. The molecule has 1 fully saturated rings. The van der Waals surface area contributed by atoms with Crippen LogP contribution in [0.1, 0.15) is 54.7 Å². The maximum Gasteiger partial charge on any atom is 0.273 e. The van der Waals surface area contributed by atoms with Gasteiger partial charge in [0.25, 0.3) is 5.91 Å². The molecule has 1 aromatic rings. The van der Waals surface area contributed by atoms with Crippen molar-refractivity contribution in [2.75, 3.05) is 20.6 Å². The number of hydrogen-bond donors (Lipinski definition) is 0. The first-order valence-electron chi connectivity index (χ1n) is 8.60. The number of rotatable bonds is 4. The molecule has 126 valence electrons. The van der Waals surface area contributed by atoms with E-state index in [2.05, 4.69) is 5.10 Å². The molecule has 6 heteroatoms. The quantitative estimate of drug-likeness (QED) is 0.852. The molecule has 0 atom stereocenters. The summed E-state index contributed by atoms with van der Waals surface area (Å²) in [6, 6.07) is 1.82. The van der Waals surface area contributed by atoms with Crippen LogP contribution in [0.2, 0.25) is 0 Å². The molecule has 2 aliphatic rings. The molecule has 6 nitrogen and oxygen atoms in total. The van der Waals surface area contributed by atoms with Gasteiger partial charge < -0.3 is 9.80 Å². The van der Waals surface area contributed by atoms with Gasteiger partial charge in [0.2, 0.25) is 5.91 Å². The molecular weight excluding hydrogens is 292 g/mol. The number of carbonyl (C=O) groups excluding carboxylic acids is 2. The third kappa shape index (κ3) is 3.57. The van der Waals surface area contributed by atoms with Gasteiger partial charge in [-0.2, -0.15) is 5.10 Å². The number of hydrogen-bond acceptors (Lipinski definition) is 3.